The maximum atomic E-state index is 1.56. The van der Waals surface area contributed by atoms with Crippen LogP contribution in [0.4, 0.5) is 0 Å². The second kappa shape index (κ2) is 2.94. The highest BCUT2D eigenvalue weighted by Gasteiger charge is 1.94. The molecule has 1 aliphatic heterocycles. The normalized spacial score (nSPS) is 32.0. The van der Waals surface area contributed by atoms with E-state index in [9.17, 15) is 0 Å². The van der Waals surface area contributed by atoms with Crippen molar-refractivity contribution in [2.45, 2.75) is 6.42 Å². The highest BCUT2D eigenvalue weighted by atomic mass is 31.1. The van der Waals surface area contributed by atoms with Crippen molar-refractivity contribution in [1.29, 1.82) is 0 Å². The lowest BCUT2D eigenvalue weighted by atomic mass is 10.6. The van der Waals surface area contributed by atoms with Crippen LogP contribution < -0.4 is 0 Å². The average molecular weight is 120 g/mol. The van der Waals surface area contributed by atoms with Gasteiger partial charge in [0.05, 0.1) is 0 Å². The minimum Gasteiger partial charge on any atom is -0.118 e. The molecule has 1 fully saturated rings. The average Bonchev–Trinajstić information content (AvgIpc) is 1.72. The zero-order chi connectivity index (χ0) is 4.24. The third kappa shape index (κ3) is 1.54. The van der Waals surface area contributed by atoms with Crippen molar-refractivity contribution in [1.82, 2.24) is 0 Å². The van der Waals surface area contributed by atoms with E-state index in [4.69, 9.17) is 0 Å². The van der Waals surface area contributed by atoms with Gasteiger partial charge >= 0.3 is 0 Å². The molecule has 2 heteroatoms. The zero-order valence-corrected chi connectivity index (χ0v) is 5.83. The Morgan fingerprint density at radius 2 is 1.67 bits per heavy atom. The molecule has 0 bridgehead atoms. The molecule has 0 saturated carbocycles. The fourth-order valence-corrected chi connectivity index (χ4v) is 3.93. The van der Waals surface area contributed by atoms with Crippen molar-refractivity contribution in [2.24, 2.45) is 0 Å². The van der Waals surface area contributed by atoms with Crippen LogP contribution in [0.3, 0.4) is 0 Å². The van der Waals surface area contributed by atoms with Crippen molar-refractivity contribution in [3.63, 3.8) is 0 Å². The minimum absolute atomic E-state index is 1.31. The second-order valence-corrected chi connectivity index (χ2v) is 4.94. The van der Waals surface area contributed by atoms with Crippen LogP contribution in [0.1, 0.15) is 6.42 Å². The maximum absolute atomic E-state index is 1.56. The lowest BCUT2D eigenvalue weighted by Crippen LogP contribution is -1.86. The largest absolute Gasteiger partial charge is 0.118 e. The van der Waals surface area contributed by atoms with E-state index in [1.54, 1.807) is 5.90 Å². The first-order valence-electron chi connectivity index (χ1n) is 2.41. The van der Waals surface area contributed by atoms with Gasteiger partial charge in [0.2, 0.25) is 0 Å². The van der Waals surface area contributed by atoms with Gasteiger partial charge in [-0.05, 0) is 24.6 Å². The Morgan fingerprint density at radius 3 is 1.83 bits per heavy atom. The molecule has 0 aromatic rings. The number of rotatable bonds is 0. The third-order valence-electron chi connectivity index (χ3n) is 0.957. The summed E-state index contributed by atoms with van der Waals surface area (Å²) in [7, 11) is 2.63. The summed E-state index contributed by atoms with van der Waals surface area (Å²) >= 11 is 0. The van der Waals surface area contributed by atoms with Gasteiger partial charge in [-0.25, -0.2) is 0 Å². The first kappa shape index (κ1) is 5.01. The first-order valence-corrected chi connectivity index (χ1v) is 5.24. The molecule has 1 heterocycles. The topological polar surface area (TPSA) is 0 Å². The Morgan fingerprint density at radius 1 is 1.00 bits per heavy atom. The minimum atomic E-state index is 1.31. The summed E-state index contributed by atoms with van der Waals surface area (Å²) in [6.45, 7) is 0. The molecule has 0 aromatic heterocycles. The Labute approximate surface area is 42.7 Å². The lowest BCUT2D eigenvalue weighted by molar-refractivity contribution is 1.11. The zero-order valence-electron chi connectivity index (χ0n) is 3.83. The van der Waals surface area contributed by atoms with E-state index in [-0.39, 0.29) is 0 Å². The summed E-state index contributed by atoms with van der Waals surface area (Å²) < 4.78 is 0. The first-order chi connectivity index (χ1) is 3.00. The van der Waals surface area contributed by atoms with Gasteiger partial charge in [-0.15, -0.1) is 17.2 Å². The molecule has 0 radical (unpaired) electrons. The molecule has 2 atom stereocenters. The van der Waals surface area contributed by atoms with Crippen molar-refractivity contribution in [2.75, 3.05) is 18.2 Å². The second-order valence-electron chi connectivity index (χ2n) is 1.53. The summed E-state index contributed by atoms with van der Waals surface area (Å²) in [5.74, 6) is 1.56. The number of hydrogen-bond donors (Lipinski definition) is 0. The molecule has 0 aliphatic carbocycles. The summed E-state index contributed by atoms with van der Waals surface area (Å²) in [6.07, 6.45) is 4.59. The summed E-state index contributed by atoms with van der Waals surface area (Å²) in [6, 6.07) is 0. The summed E-state index contributed by atoms with van der Waals surface area (Å²) in [5, 5.41) is 0. The van der Waals surface area contributed by atoms with Crippen LogP contribution in [0, 0.1) is 0 Å². The van der Waals surface area contributed by atoms with Crippen molar-refractivity contribution < 1.29 is 0 Å². The molecular weight excluding hydrogens is 110 g/mol. The number of hydrogen-bond acceptors (Lipinski definition) is 0. The highest BCUT2D eigenvalue weighted by Crippen LogP contribution is 2.30. The molecule has 1 aliphatic rings. The molecule has 2 unspecified atom stereocenters. The van der Waals surface area contributed by atoms with E-state index in [2.05, 4.69) is 0 Å². The van der Waals surface area contributed by atoms with Crippen LogP contribution >= 0.6 is 17.2 Å². The van der Waals surface area contributed by atoms with Crippen LogP contribution in [0.25, 0.3) is 0 Å². The summed E-state index contributed by atoms with van der Waals surface area (Å²) in [5.41, 5.74) is 0. The predicted molar refractivity (Wildman–Crippen MR) is 35.8 cm³/mol. The molecule has 0 nitrogen and oxygen atoms in total. The predicted octanol–water partition coefficient (Wildman–Crippen LogP) is 1.70. The lowest BCUT2D eigenvalue weighted by Gasteiger charge is -2.06. The fraction of sp³-hybridized carbons (Fsp3) is 1.00. The Balaban J connectivity index is 2.00. The van der Waals surface area contributed by atoms with E-state index in [1.807, 2.05) is 0 Å². The standard InChI is InChI=1S/C4H10P2/c1-2-5-4-6-3-1/h5-6H,1-4H2. The monoisotopic (exact) mass is 120 g/mol. The van der Waals surface area contributed by atoms with E-state index in [1.165, 1.54) is 35.9 Å². The van der Waals surface area contributed by atoms with Gasteiger partial charge in [0.15, 0.2) is 0 Å². The van der Waals surface area contributed by atoms with E-state index < -0.39 is 0 Å². The van der Waals surface area contributed by atoms with E-state index >= 15 is 0 Å². The van der Waals surface area contributed by atoms with Crippen LogP contribution in [0.2, 0.25) is 0 Å². The van der Waals surface area contributed by atoms with Gasteiger partial charge in [-0.1, -0.05) is 0 Å². The summed E-state index contributed by atoms with van der Waals surface area (Å²) in [4.78, 5) is 0. The van der Waals surface area contributed by atoms with Crippen LogP contribution in [0.15, 0.2) is 0 Å². The molecule has 0 spiro atoms. The molecular formula is C4H10P2. The smallest absolute Gasteiger partial charge is 0.0175 e. The van der Waals surface area contributed by atoms with Crippen LogP contribution in [-0.2, 0) is 0 Å². The van der Waals surface area contributed by atoms with Gasteiger partial charge in [0, 0.05) is 0 Å². The van der Waals surface area contributed by atoms with Crippen molar-refractivity contribution >= 4 is 17.2 Å². The van der Waals surface area contributed by atoms with E-state index in [0.29, 0.717) is 0 Å². The molecule has 36 valence electrons. The quantitative estimate of drug-likeness (QED) is 0.427. The van der Waals surface area contributed by atoms with Crippen molar-refractivity contribution in [3.8, 4) is 0 Å². The van der Waals surface area contributed by atoms with Gasteiger partial charge < -0.3 is 0 Å². The van der Waals surface area contributed by atoms with Crippen LogP contribution in [0.5, 0.6) is 0 Å². The Hall–Kier alpha value is 0.860. The molecule has 1 rings (SSSR count). The molecule has 6 heavy (non-hydrogen) atoms. The molecule has 0 N–H and O–H groups in total. The third-order valence-corrected chi connectivity index (χ3v) is 4.37. The van der Waals surface area contributed by atoms with Gasteiger partial charge in [0.25, 0.3) is 0 Å². The molecule has 0 aromatic carbocycles. The maximum Gasteiger partial charge on any atom is -0.0175 e. The van der Waals surface area contributed by atoms with Gasteiger partial charge in [-0.3, -0.25) is 0 Å². The van der Waals surface area contributed by atoms with E-state index in [0.717, 1.165) is 0 Å². The van der Waals surface area contributed by atoms with Crippen LogP contribution in [-0.4, -0.2) is 18.2 Å². The fourth-order valence-electron chi connectivity index (χ4n) is 0.604. The van der Waals surface area contributed by atoms with Crippen molar-refractivity contribution in [3.05, 3.63) is 0 Å². The van der Waals surface area contributed by atoms with Gasteiger partial charge in [-0.2, -0.15) is 0 Å². The molecule has 1 saturated heterocycles. The SMILES string of the molecule is C1CPCPC1. The Bertz CT molecular complexity index is 21.0. The highest BCUT2D eigenvalue weighted by molar-refractivity contribution is 7.56. The molecule has 0 amide bonds. The van der Waals surface area contributed by atoms with Gasteiger partial charge in [0.1, 0.15) is 0 Å². The Kier molecular flexibility index (Phi) is 2.45.